The monoisotopic (exact) mass is 542 g/mol. The molecular weight excluding hydrogens is 508 g/mol. The van der Waals surface area contributed by atoms with Gasteiger partial charge in [0.25, 0.3) is 5.56 Å². The Labute approximate surface area is 222 Å². The van der Waals surface area contributed by atoms with Gasteiger partial charge in [0.05, 0.1) is 35.1 Å². The summed E-state index contributed by atoms with van der Waals surface area (Å²) in [5.41, 5.74) is 3.29. The fraction of sp³-hybridized carbons (Fsp3) is 0.481. The summed E-state index contributed by atoms with van der Waals surface area (Å²) < 4.78 is 42.1. The summed E-state index contributed by atoms with van der Waals surface area (Å²) in [4.78, 5) is 21.0. The lowest BCUT2D eigenvalue weighted by molar-refractivity contribution is -0.0100. The maximum Gasteiger partial charge on any atom is 0.261 e. The molecule has 0 radical (unpaired) electrons. The van der Waals surface area contributed by atoms with Crippen LogP contribution >= 0.6 is 0 Å². The summed E-state index contributed by atoms with van der Waals surface area (Å²) in [6, 6.07) is 10.6. The van der Waals surface area contributed by atoms with Crippen LogP contribution in [0.3, 0.4) is 0 Å². The first-order valence-corrected chi connectivity index (χ1v) is 14.4. The van der Waals surface area contributed by atoms with Gasteiger partial charge in [-0.2, -0.15) is 0 Å². The van der Waals surface area contributed by atoms with E-state index >= 15 is 0 Å². The van der Waals surface area contributed by atoms with E-state index in [4.69, 9.17) is 24.3 Å². The molecule has 2 aromatic carbocycles. The van der Waals surface area contributed by atoms with Gasteiger partial charge in [-0.05, 0) is 67.6 Å². The minimum Gasteiger partial charge on any atom is -0.382 e. The Kier molecular flexibility index (Phi) is 7.83. The minimum atomic E-state index is -3.77. The number of rotatable bonds is 8. The SMILES string of the molecule is COC[C@H]1CN(c2ccc3c(=O)n(CCc4ccc(S(N)(=O)=O)cc4C)c([C@@H]4CCCO4)nc3c2)CCO1. The van der Waals surface area contributed by atoms with Crippen LogP contribution in [0.25, 0.3) is 10.9 Å². The molecule has 2 atom stereocenters. The molecule has 3 aromatic rings. The Morgan fingerprint density at radius 2 is 2.00 bits per heavy atom. The van der Waals surface area contributed by atoms with Crippen LogP contribution in [0.4, 0.5) is 5.69 Å². The van der Waals surface area contributed by atoms with Gasteiger partial charge >= 0.3 is 0 Å². The highest BCUT2D eigenvalue weighted by Gasteiger charge is 2.26. The Hall–Kier alpha value is -2.83. The van der Waals surface area contributed by atoms with Crippen molar-refractivity contribution < 1.29 is 22.6 Å². The minimum absolute atomic E-state index is 0.00432. The van der Waals surface area contributed by atoms with E-state index < -0.39 is 10.0 Å². The van der Waals surface area contributed by atoms with E-state index in [1.165, 1.54) is 6.07 Å². The molecule has 11 heteroatoms. The average Bonchev–Trinajstić information content (AvgIpc) is 3.43. The number of hydrogen-bond acceptors (Lipinski definition) is 8. The molecule has 0 amide bonds. The molecule has 1 aromatic heterocycles. The fourth-order valence-corrected chi connectivity index (χ4v) is 5.86. The molecule has 204 valence electrons. The van der Waals surface area contributed by atoms with Gasteiger partial charge < -0.3 is 19.1 Å². The van der Waals surface area contributed by atoms with Crippen molar-refractivity contribution in [1.29, 1.82) is 0 Å². The second-order valence-corrected chi connectivity index (χ2v) is 11.5. The summed E-state index contributed by atoms with van der Waals surface area (Å²) in [5, 5.41) is 5.83. The lowest BCUT2D eigenvalue weighted by Crippen LogP contribution is -2.44. The predicted molar refractivity (Wildman–Crippen MR) is 144 cm³/mol. The standard InChI is InChI=1S/C27H34N4O6S/c1-18-14-22(38(28,33)34)7-5-19(18)9-10-31-26(25-4-3-12-37-25)29-24-15-20(6-8-23(24)27(31)32)30-11-13-36-21(16-30)17-35-2/h5-8,14-15,21,25H,3-4,9-13,16-17H2,1-2H3,(H2,28,33,34)/t21-,25+/m1/s1. The molecule has 2 aliphatic heterocycles. The predicted octanol–water partition coefficient (Wildman–Crippen LogP) is 2.30. The maximum absolute atomic E-state index is 13.7. The van der Waals surface area contributed by atoms with E-state index in [9.17, 15) is 13.2 Å². The number of nitrogens with zero attached hydrogens (tertiary/aromatic N) is 3. The van der Waals surface area contributed by atoms with E-state index in [1.807, 2.05) is 25.1 Å². The molecule has 3 heterocycles. The van der Waals surface area contributed by atoms with E-state index in [0.717, 1.165) is 36.2 Å². The zero-order valence-electron chi connectivity index (χ0n) is 21.8. The number of sulfonamides is 1. The number of hydrogen-bond donors (Lipinski definition) is 1. The third-order valence-electron chi connectivity index (χ3n) is 7.29. The number of aryl methyl sites for hydroxylation is 2. The Morgan fingerprint density at radius 1 is 1.16 bits per heavy atom. The number of ether oxygens (including phenoxy) is 3. The van der Waals surface area contributed by atoms with Crippen LogP contribution in [0.1, 0.15) is 35.9 Å². The molecule has 0 saturated carbocycles. The average molecular weight is 543 g/mol. The molecule has 0 unspecified atom stereocenters. The van der Waals surface area contributed by atoms with Crippen molar-refractivity contribution in [3.63, 3.8) is 0 Å². The van der Waals surface area contributed by atoms with Gasteiger partial charge in [0.2, 0.25) is 10.0 Å². The first-order valence-electron chi connectivity index (χ1n) is 12.9. The van der Waals surface area contributed by atoms with Crippen LogP contribution in [0.2, 0.25) is 0 Å². The molecular formula is C27H34N4O6S. The lowest BCUT2D eigenvalue weighted by atomic mass is 10.1. The largest absolute Gasteiger partial charge is 0.382 e. The number of anilines is 1. The Bertz CT molecular complexity index is 1480. The Balaban J connectivity index is 1.48. The summed E-state index contributed by atoms with van der Waals surface area (Å²) in [6.45, 7) is 5.48. The third-order valence-corrected chi connectivity index (χ3v) is 8.20. The van der Waals surface area contributed by atoms with Crippen LogP contribution in [-0.4, -0.2) is 64.1 Å². The number of fused-ring (bicyclic) bond motifs is 1. The molecule has 0 bridgehead atoms. The number of morpholine rings is 1. The number of benzene rings is 2. The summed E-state index contributed by atoms with van der Waals surface area (Å²) in [6.07, 6.45) is 2.02. The molecule has 38 heavy (non-hydrogen) atoms. The van der Waals surface area contributed by atoms with Crippen molar-refractivity contribution in [3.8, 4) is 0 Å². The van der Waals surface area contributed by atoms with Gasteiger partial charge in [-0.15, -0.1) is 0 Å². The third kappa shape index (κ3) is 5.62. The molecule has 2 saturated heterocycles. The zero-order valence-corrected chi connectivity index (χ0v) is 22.6. The van der Waals surface area contributed by atoms with Crippen molar-refractivity contribution in [3.05, 3.63) is 63.7 Å². The van der Waals surface area contributed by atoms with Gasteiger partial charge in [-0.3, -0.25) is 9.36 Å². The summed E-state index contributed by atoms with van der Waals surface area (Å²) in [7, 11) is -2.11. The maximum atomic E-state index is 13.7. The van der Waals surface area contributed by atoms with Crippen molar-refractivity contribution in [2.75, 3.05) is 44.9 Å². The van der Waals surface area contributed by atoms with Gasteiger partial charge in [-0.1, -0.05) is 6.07 Å². The second-order valence-electron chi connectivity index (χ2n) is 9.91. The van der Waals surface area contributed by atoms with E-state index in [0.29, 0.717) is 56.1 Å². The molecule has 2 N–H and O–H groups in total. The normalized spacial score (nSPS) is 20.3. The zero-order chi connectivity index (χ0) is 26.9. The van der Waals surface area contributed by atoms with Crippen molar-refractivity contribution in [2.45, 2.75) is 49.8 Å². The second kappa shape index (κ2) is 11.1. The van der Waals surface area contributed by atoms with Crippen molar-refractivity contribution in [2.24, 2.45) is 5.14 Å². The van der Waals surface area contributed by atoms with Crippen molar-refractivity contribution in [1.82, 2.24) is 9.55 Å². The van der Waals surface area contributed by atoms with Crippen LogP contribution in [0.15, 0.2) is 46.1 Å². The van der Waals surface area contributed by atoms with Crippen LogP contribution < -0.4 is 15.6 Å². The van der Waals surface area contributed by atoms with E-state index in [-0.39, 0.29) is 22.7 Å². The molecule has 0 spiro atoms. The number of nitrogens with two attached hydrogens (primary N) is 1. The topological polar surface area (TPSA) is 126 Å². The summed E-state index contributed by atoms with van der Waals surface area (Å²) >= 11 is 0. The van der Waals surface area contributed by atoms with Gasteiger partial charge in [-0.25, -0.2) is 18.5 Å². The van der Waals surface area contributed by atoms with Crippen LogP contribution in [0, 0.1) is 6.92 Å². The highest BCUT2D eigenvalue weighted by Crippen LogP contribution is 2.29. The molecule has 0 aliphatic carbocycles. The number of aromatic nitrogens is 2. The molecule has 2 fully saturated rings. The fourth-order valence-electron chi connectivity index (χ4n) is 5.27. The highest BCUT2D eigenvalue weighted by atomic mass is 32.2. The lowest BCUT2D eigenvalue weighted by Gasteiger charge is -2.34. The number of primary sulfonamides is 1. The van der Waals surface area contributed by atoms with E-state index in [2.05, 4.69) is 4.90 Å². The van der Waals surface area contributed by atoms with Crippen LogP contribution in [-0.2, 0) is 37.2 Å². The molecule has 5 rings (SSSR count). The molecule has 10 nitrogen and oxygen atoms in total. The first kappa shape index (κ1) is 26.8. The van der Waals surface area contributed by atoms with Gasteiger partial charge in [0.15, 0.2) is 0 Å². The smallest absolute Gasteiger partial charge is 0.261 e. The first-order chi connectivity index (χ1) is 18.2. The van der Waals surface area contributed by atoms with Gasteiger partial charge in [0, 0.05) is 39.0 Å². The van der Waals surface area contributed by atoms with Crippen LogP contribution in [0.5, 0.6) is 0 Å². The summed E-state index contributed by atoms with van der Waals surface area (Å²) in [5.74, 6) is 0.634. The van der Waals surface area contributed by atoms with Crippen molar-refractivity contribution >= 4 is 26.6 Å². The quantitative estimate of drug-likeness (QED) is 0.460. The highest BCUT2D eigenvalue weighted by molar-refractivity contribution is 7.89. The molecule has 2 aliphatic rings. The van der Waals surface area contributed by atoms with E-state index in [1.54, 1.807) is 23.8 Å². The number of methoxy groups -OCH3 is 1. The van der Waals surface area contributed by atoms with Gasteiger partial charge in [0.1, 0.15) is 11.9 Å². The Morgan fingerprint density at radius 3 is 2.71 bits per heavy atom.